The number of hydrazone groups is 1. The second kappa shape index (κ2) is 10.7. The summed E-state index contributed by atoms with van der Waals surface area (Å²) in [6.07, 6.45) is 3.18. The fourth-order valence-corrected chi connectivity index (χ4v) is 5.01. The Morgan fingerprint density at radius 3 is 2.60 bits per heavy atom. The van der Waals surface area contributed by atoms with Gasteiger partial charge in [-0.3, -0.25) is 4.90 Å². The van der Waals surface area contributed by atoms with E-state index in [2.05, 4.69) is 21.8 Å². The third kappa shape index (κ3) is 5.19. The predicted molar refractivity (Wildman–Crippen MR) is 139 cm³/mol. The van der Waals surface area contributed by atoms with Crippen LogP contribution in [0.15, 0.2) is 65.4 Å². The molecule has 2 aliphatic heterocycles. The molecule has 1 spiro atoms. The number of hydrogen-bond donors (Lipinski definition) is 1. The Labute approximate surface area is 205 Å². The van der Waals surface area contributed by atoms with Gasteiger partial charge in [-0.2, -0.15) is 10.0 Å². The molecule has 0 aromatic heterocycles. The van der Waals surface area contributed by atoms with E-state index < -0.39 is 0 Å². The zero-order chi connectivity index (χ0) is 24.8. The molecule has 35 heavy (non-hydrogen) atoms. The standard InChI is InChI=1S/C26H32N6O3/c1-20(17-28-27)22-6-8-23(9-7-22)31-19-26(10-13-30(14-11-26)15-12-29-34)32(25(31)33)18-21-4-3-5-24(16-21)35-2/h3-9,16-17H,1,10-15,18-19,27H2,2H3/b28-17-. The topological polar surface area (TPSA) is 104 Å². The van der Waals surface area contributed by atoms with Gasteiger partial charge in [0.15, 0.2) is 0 Å². The summed E-state index contributed by atoms with van der Waals surface area (Å²) in [5, 5.41) is 6.54. The minimum absolute atomic E-state index is 0.00840. The van der Waals surface area contributed by atoms with Gasteiger partial charge in [-0.25, -0.2) is 4.79 Å². The number of likely N-dealkylation sites (tertiary alicyclic amines) is 1. The van der Waals surface area contributed by atoms with Crippen LogP contribution in [0, 0.1) is 4.91 Å². The van der Waals surface area contributed by atoms with Crippen molar-refractivity contribution in [2.45, 2.75) is 24.9 Å². The number of urea groups is 1. The number of anilines is 1. The van der Waals surface area contributed by atoms with E-state index >= 15 is 0 Å². The predicted octanol–water partition coefficient (Wildman–Crippen LogP) is 3.70. The maximum atomic E-state index is 13.8. The van der Waals surface area contributed by atoms with Gasteiger partial charge in [0.05, 0.1) is 32.0 Å². The number of allylic oxidation sites excluding steroid dienone is 1. The number of carbonyl (C=O) groups is 1. The Hall–Kier alpha value is -3.72. The van der Waals surface area contributed by atoms with Gasteiger partial charge in [0.2, 0.25) is 0 Å². The summed E-state index contributed by atoms with van der Waals surface area (Å²) in [4.78, 5) is 30.5. The molecule has 2 aromatic carbocycles. The second-order valence-corrected chi connectivity index (χ2v) is 9.08. The maximum absolute atomic E-state index is 13.8. The van der Waals surface area contributed by atoms with E-state index in [1.54, 1.807) is 7.11 Å². The van der Waals surface area contributed by atoms with E-state index in [0.29, 0.717) is 25.2 Å². The van der Waals surface area contributed by atoms with Crippen LogP contribution in [0.1, 0.15) is 24.0 Å². The summed E-state index contributed by atoms with van der Waals surface area (Å²) in [5.74, 6) is 6.02. The SMILES string of the molecule is C=C(/C=N\N)c1ccc(N2CC3(CCN(CCN=O)CC3)N(Cc3cccc(OC)c3)C2=O)cc1. The largest absolute Gasteiger partial charge is 0.497 e. The van der Waals surface area contributed by atoms with Crippen molar-refractivity contribution < 1.29 is 9.53 Å². The van der Waals surface area contributed by atoms with Crippen LogP contribution in [-0.4, -0.2) is 67.4 Å². The van der Waals surface area contributed by atoms with E-state index in [0.717, 1.165) is 48.5 Å². The number of benzene rings is 2. The van der Waals surface area contributed by atoms with E-state index in [1.807, 2.05) is 58.3 Å². The molecule has 184 valence electrons. The van der Waals surface area contributed by atoms with Crippen LogP contribution in [0.25, 0.3) is 5.57 Å². The lowest BCUT2D eigenvalue weighted by molar-refractivity contribution is 0.0734. The molecule has 9 heteroatoms. The number of rotatable bonds is 9. The number of nitrogens with zero attached hydrogens (tertiary/aromatic N) is 5. The molecule has 2 N–H and O–H groups in total. The van der Waals surface area contributed by atoms with Crippen LogP contribution in [0.3, 0.4) is 0 Å². The number of ether oxygens (including phenoxy) is 1. The molecule has 4 rings (SSSR count). The molecule has 2 amide bonds. The summed E-state index contributed by atoms with van der Waals surface area (Å²) in [7, 11) is 1.64. The lowest BCUT2D eigenvalue weighted by atomic mass is 9.86. The number of carbonyl (C=O) groups excluding carboxylic acids is 1. The van der Waals surface area contributed by atoms with Gasteiger partial charge in [-0.1, -0.05) is 36.0 Å². The van der Waals surface area contributed by atoms with E-state index in [1.165, 1.54) is 6.21 Å². The van der Waals surface area contributed by atoms with Crippen LogP contribution in [-0.2, 0) is 6.54 Å². The number of amides is 2. The minimum atomic E-state index is -0.292. The molecule has 2 heterocycles. The average Bonchev–Trinajstić information content (AvgIpc) is 3.15. The Bertz CT molecular complexity index is 1090. The smallest absolute Gasteiger partial charge is 0.325 e. The van der Waals surface area contributed by atoms with Crippen LogP contribution < -0.4 is 15.5 Å². The van der Waals surface area contributed by atoms with Crippen molar-refractivity contribution in [3.05, 3.63) is 71.1 Å². The zero-order valence-electron chi connectivity index (χ0n) is 20.1. The highest BCUT2D eigenvalue weighted by molar-refractivity contribution is 6.08. The summed E-state index contributed by atoms with van der Waals surface area (Å²) in [6.45, 7) is 7.67. The minimum Gasteiger partial charge on any atom is -0.497 e. The number of nitroso groups, excluding NO2 is 1. The van der Waals surface area contributed by atoms with Gasteiger partial charge in [0.1, 0.15) is 5.75 Å². The highest BCUT2D eigenvalue weighted by atomic mass is 16.5. The number of hydrogen-bond acceptors (Lipinski definition) is 7. The lowest BCUT2D eigenvalue weighted by Crippen LogP contribution is -2.54. The van der Waals surface area contributed by atoms with Crippen molar-refractivity contribution in [3.63, 3.8) is 0 Å². The molecule has 2 fully saturated rings. The maximum Gasteiger partial charge on any atom is 0.325 e. The first-order valence-electron chi connectivity index (χ1n) is 11.8. The Balaban J connectivity index is 1.60. The third-order valence-electron chi connectivity index (χ3n) is 7.04. The van der Waals surface area contributed by atoms with E-state index in [-0.39, 0.29) is 18.1 Å². The van der Waals surface area contributed by atoms with E-state index in [9.17, 15) is 9.70 Å². The van der Waals surface area contributed by atoms with Crippen LogP contribution in [0.2, 0.25) is 0 Å². The molecule has 2 saturated heterocycles. The van der Waals surface area contributed by atoms with Gasteiger partial charge in [0, 0.05) is 31.9 Å². The fraction of sp³-hybridized carbons (Fsp3) is 0.385. The average molecular weight is 477 g/mol. The Kier molecular flexibility index (Phi) is 7.45. The van der Waals surface area contributed by atoms with Crippen molar-refractivity contribution in [2.75, 3.05) is 44.7 Å². The summed E-state index contributed by atoms with van der Waals surface area (Å²) in [5.41, 5.74) is 3.19. The van der Waals surface area contributed by atoms with Gasteiger partial charge in [0.25, 0.3) is 0 Å². The molecule has 2 aliphatic rings. The van der Waals surface area contributed by atoms with Crippen LogP contribution in [0.5, 0.6) is 5.75 Å². The third-order valence-corrected chi connectivity index (χ3v) is 7.04. The highest BCUT2D eigenvalue weighted by Gasteiger charge is 2.51. The van der Waals surface area contributed by atoms with Crippen LogP contribution >= 0.6 is 0 Å². The van der Waals surface area contributed by atoms with Gasteiger partial charge >= 0.3 is 6.03 Å². The Morgan fingerprint density at radius 2 is 1.94 bits per heavy atom. The molecule has 0 unspecified atom stereocenters. The molecule has 9 nitrogen and oxygen atoms in total. The zero-order valence-corrected chi connectivity index (χ0v) is 20.1. The molecule has 2 aromatic rings. The lowest BCUT2D eigenvalue weighted by Gasteiger charge is -2.43. The molecule has 0 radical (unpaired) electrons. The Morgan fingerprint density at radius 1 is 1.20 bits per heavy atom. The first-order valence-corrected chi connectivity index (χ1v) is 11.8. The van der Waals surface area contributed by atoms with Gasteiger partial charge in [-0.15, -0.1) is 0 Å². The van der Waals surface area contributed by atoms with E-state index in [4.69, 9.17) is 10.6 Å². The van der Waals surface area contributed by atoms with Gasteiger partial charge < -0.3 is 20.4 Å². The first kappa shape index (κ1) is 24.4. The van der Waals surface area contributed by atoms with Gasteiger partial charge in [-0.05, 0) is 53.8 Å². The van der Waals surface area contributed by atoms with Crippen molar-refractivity contribution in [1.82, 2.24) is 9.80 Å². The summed E-state index contributed by atoms with van der Waals surface area (Å²) >= 11 is 0. The molecular weight excluding hydrogens is 444 g/mol. The summed E-state index contributed by atoms with van der Waals surface area (Å²) in [6, 6.07) is 15.6. The second-order valence-electron chi connectivity index (χ2n) is 9.08. The van der Waals surface area contributed by atoms with Crippen molar-refractivity contribution in [2.24, 2.45) is 16.1 Å². The van der Waals surface area contributed by atoms with Crippen molar-refractivity contribution >= 4 is 23.5 Å². The first-order chi connectivity index (χ1) is 17.0. The van der Waals surface area contributed by atoms with Crippen molar-refractivity contribution in [3.8, 4) is 5.75 Å². The molecule has 0 saturated carbocycles. The number of nitrogens with two attached hydrogens (primary N) is 1. The highest BCUT2D eigenvalue weighted by Crippen LogP contribution is 2.39. The molecule has 0 bridgehead atoms. The number of methoxy groups -OCH3 is 1. The normalized spacial score (nSPS) is 17.9. The monoisotopic (exact) mass is 476 g/mol. The number of piperidine rings is 1. The molecule has 0 aliphatic carbocycles. The molecule has 0 atom stereocenters. The summed E-state index contributed by atoms with van der Waals surface area (Å²) < 4.78 is 5.39. The quantitative estimate of drug-likeness (QED) is 0.257. The van der Waals surface area contributed by atoms with Crippen molar-refractivity contribution in [1.29, 1.82) is 0 Å². The fourth-order valence-electron chi connectivity index (χ4n) is 5.01. The van der Waals surface area contributed by atoms with Crippen LogP contribution in [0.4, 0.5) is 10.5 Å². The molecular formula is C26H32N6O3.